The molecule has 19 heavy (non-hydrogen) atoms. The highest BCUT2D eigenvalue weighted by molar-refractivity contribution is 7.88. The maximum Gasteiger partial charge on any atom is 0.211 e. The summed E-state index contributed by atoms with van der Waals surface area (Å²) in [5.74, 6) is 0.722. The molecule has 2 rings (SSSR count). The number of benzene rings is 1. The molecule has 1 aromatic carbocycles. The molecule has 0 aliphatic carbocycles. The van der Waals surface area contributed by atoms with Crippen LogP contribution >= 0.6 is 12.4 Å². The molecule has 1 saturated heterocycles. The lowest BCUT2D eigenvalue weighted by molar-refractivity contribution is 0.266. The third-order valence-electron chi connectivity index (χ3n) is 3.12. The van der Waals surface area contributed by atoms with Crippen molar-refractivity contribution in [2.75, 3.05) is 33.0 Å². The minimum Gasteiger partial charge on any atom is -0.496 e. The smallest absolute Gasteiger partial charge is 0.211 e. The molecule has 0 amide bonds. The van der Waals surface area contributed by atoms with Crippen LogP contribution in [-0.4, -0.2) is 45.7 Å². The highest BCUT2D eigenvalue weighted by Crippen LogP contribution is 2.31. The Kier molecular flexibility index (Phi) is 5.61. The maximum absolute atomic E-state index is 11.8. The number of para-hydroxylation sites is 1. The lowest BCUT2D eigenvalue weighted by Crippen LogP contribution is -2.48. The number of hydrogen-bond acceptors (Lipinski definition) is 4. The van der Waals surface area contributed by atoms with Crippen LogP contribution in [0, 0.1) is 0 Å². The number of nitrogens with one attached hydrogen (secondary N) is 1. The number of hydrogen-bond donors (Lipinski definition) is 1. The Hall–Kier alpha value is -0.820. The number of sulfonamides is 1. The van der Waals surface area contributed by atoms with Crippen molar-refractivity contribution in [3.63, 3.8) is 0 Å². The third kappa shape index (κ3) is 3.60. The molecule has 1 atom stereocenters. The fourth-order valence-electron chi connectivity index (χ4n) is 2.29. The van der Waals surface area contributed by atoms with Gasteiger partial charge in [0, 0.05) is 25.2 Å². The zero-order valence-corrected chi connectivity index (χ0v) is 12.6. The van der Waals surface area contributed by atoms with Gasteiger partial charge < -0.3 is 10.1 Å². The number of ether oxygens (including phenoxy) is 1. The van der Waals surface area contributed by atoms with Crippen LogP contribution in [0.5, 0.6) is 5.75 Å². The molecular formula is C12H19ClN2O3S. The third-order valence-corrected chi connectivity index (χ3v) is 4.41. The quantitative estimate of drug-likeness (QED) is 0.906. The van der Waals surface area contributed by atoms with Gasteiger partial charge >= 0.3 is 0 Å². The van der Waals surface area contributed by atoms with Crippen LogP contribution in [0.3, 0.4) is 0 Å². The van der Waals surface area contributed by atoms with E-state index in [1.165, 1.54) is 10.6 Å². The normalized spacial score (nSPS) is 20.6. The van der Waals surface area contributed by atoms with Crippen LogP contribution in [0.4, 0.5) is 0 Å². The van der Waals surface area contributed by atoms with Gasteiger partial charge in [-0.15, -0.1) is 12.4 Å². The van der Waals surface area contributed by atoms with E-state index < -0.39 is 10.0 Å². The van der Waals surface area contributed by atoms with E-state index >= 15 is 0 Å². The fourth-order valence-corrected chi connectivity index (χ4v) is 3.36. The van der Waals surface area contributed by atoms with Gasteiger partial charge in [-0.25, -0.2) is 8.42 Å². The average molecular weight is 307 g/mol. The summed E-state index contributed by atoms with van der Waals surface area (Å²) in [4.78, 5) is 0. The van der Waals surface area contributed by atoms with Crippen LogP contribution in [-0.2, 0) is 10.0 Å². The maximum atomic E-state index is 11.8. The predicted molar refractivity (Wildman–Crippen MR) is 77.4 cm³/mol. The van der Waals surface area contributed by atoms with Crippen molar-refractivity contribution in [2.24, 2.45) is 0 Å². The van der Waals surface area contributed by atoms with Gasteiger partial charge in [-0.3, -0.25) is 0 Å². The van der Waals surface area contributed by atoms with Crippen molar-refractivity contribution in [1.29, 1.82) is 0 Å². The van der Waals surface area contributed by atoms with E-state index in [1.807, 2.05) is 24.3 Å². The first kappa shape index (κ1) is 16.2. The molecule has 1 N–H and O–H groups in total. The SMILES string of the molecule is COc1ccccc1C1CNCCN1S(C)(=O)=O.Cl. The summed E-state index contributed by atoms with van der Waals surface area (Å²) < 4.78 is 30.5. The highest BCUT2D eigenvalue weighted by atomic mass is 35.5. The van der Waals surface area contributed by atoms with Gasteiger partial charge in [-0.2, -0.15) is 4.31 Å². The fraction of sp³-hybridized carbons (Fsp3) is 0.500. The molecule has 0 aromatic heterocycles. The van der Waals surface area contributed by atoms with Gasteiger partial charge in [0.25, 0.3) is 0 Å². The topological polar surface area (TPSA) is 58.6 Å². The van der Waals surface area contributed by atoms with Gasteiger partial charge in [0.05, 0.1) is 19.4 Å². The van der Waals surface area contributed by atoms with Crippen molar-refractivity contribution in [3.8, 4) is 5.75 Å². The second-order valence-electron chi connectivity index (χ2n) is 4.34. The Balaban J connectivity index is 0.00000180. The molecular weight excluding hydrogens is 288 g/mol. The summed E-state index contributed by atoms with van der Waals surface area (Å²) in [6.45, 7) is 1.77. The van der Waals surface area contributed by atoms with Crippen LogP contribution < -0.4 is 10.1 Å². The number of nitrogens with zero attached hydrogens (tertiary/aromatic N) is 1. The summed E-state index contributed by atoms with van der Waals surface area (Å²) in [5, 5.41) is 3.23. The van der Waals surface area contributed by atoms with E-state index in [0.29, 0.717) is 19.6 Å². The van der Waals surface area contributed by atoms with Crippen LogP contribution in [0.15, 0.2) is 24.3 Å². The Morgan fingerprint density at radius 1 is 1.37 bits per heavy atom. The molecule has 0 spiro atoms. The molecule has 0 bridgehead atoms. The molecule has 1 aliphatic rings. The summed E-state index contributed by atoms with van der Waals surface area (Å²) in [7, 11) is -1.61. The van der Waals surface area contributed by atoms with E-state index in [2.05, 4.69) is 5.32 Å². The zero-order valence-electron chi connectivity index (χ0n) is 11.0. The highest BCUT2D eigenvalue weighted by Gasteiger charge is 2.31. The molecule has 5 nitrogen and oxygen atoms in total. The molecule has 7 heteroatoms. The first-order valence-corrected chi connectivity index (χ1v) is 7.69. The largest absolute Gasteiger partial charge is 0.496 e. The van der Waals surface area contributed by atoms with E-state index in [0.717, 1.165) is 11.3 Å². The summed E-state index contributed by atoms with van der Waals surface area (Å²) in [6, 6.07) is 7.33. The average Bonchev–Trinajstić information content (AvgIpc) is 2.37. The van der Waals surface area contributed by atoms with Crippen molar-refractivity contribution in [1.82, 2.24) is 9.62 Å². The Morgan fingerprint density at radius 2 is 2.05 bits per heavy atom. The van der Waals surface area contributed by atoms with Crippen LogP contribution in [0.1, 0.15) is 11.6 Å². The van der Waals surface area contributed by atoms with Crippen molar-refractivity contribution in [2.45, 2.75) is 6.04 Å². The van der Waals surface area contributed by atoms with E-state index in [4.69, 9.17) is 4.74 Å². The van der Waals surface area contributed by atoms with Gasteiger partial charge in [-0.05, 0) is 6.07 Å². The van der Waals surface area contributed by atoms with Crippen molar-refractivity contribution < 1.29 is 13.2 Å². The monoisotopic (exact) mass is 306 g/mol. The first-order valence-electron chi connectivity index (χ1n) is 5.84. The van der Waals surface area contributed by atoms with E-state index in [1.54, 1.807) is 7.11 Å². The number of methoxy groups -OCH3 is 1. The van der Waals surface area contributed by atoms with Gasteiger partial charge in [0.1, 0.15) is 5.75 Å². The van der Waals surface area contributed by atoms with Crippen molar-refractivity contribution >= 4 is 22.4 Å². The van der Waals surface area contributed by atoms with Gasteiger partial charge in [0.15, 0.2) is 0 Å². The van der Waals surface area contributed by atoms with Crippen LogP contribution in [0.25, 0.3) is 0 Å². The van der Waals surface area contributed by atoms with Gasteiger partial charge in [0.2, 0.25) is 10.0 Å². The predicted octanol–water partition coefficient (Wildman–Crippen LogP) is 1.02. The second-order valence-corrected chi connectivity index (χ2v) is 6.27. The second kappa shape index (κ2) is 6.56. The summed E-state index contributed by atoms with van der Waals surface area (Å²) >= 11 is 0. The molecule has 108 valence electrons. The molecule has 0 radical (unpaired) electrons. The Labute approximate surface area is 120 Å². The zero-order chi connectivity index (χ0) is 13.2. The van der Waals surface area contributed by atoms with Crippen molar-refractivity contribution in [3.05, 3.63) is 29.8 Å². The standard InChI is InChI=1S/C12H18N2O3S.ClH/c1-17-12-6-4-3-5-10(12)11-9-13-7-8-14(11)18(2,15)16;/h3-6,11,13H,7-9H2,1-2H3;1H. The van der Waals surface area contributed by atoms with Crippen LogP contribution in [0.2, 0.25) is 0 Å². The number of piperazine rings is 1. The van der Waals surface area contributed by atoms with Gasteiger partial charge in [-0.1, -0.05) is 18.2 Å². The molecule has 1 fully saturated rings. The lowest BCUT2D eigenvalue weighted by atomic mass is 10.0. The summed E-state index contributed by atoms with van der Waals surface area (Å²) in [5.41, 5.74) is 0.901. The molecule has 0 saturated carbocycles. The number of halogens is 1. The first-order chi connectivity index (χ1) is 8.54. The van der Waals surface area contributed by atoms with E-state index in [9.17, 15) is 8.42 Å². The van der Waals surface area contributed by atoms with E-state index in [-0.39, 0.29) is 18.4 Å². The molecule has 1 aromatic rings. The molecule has 1 unspecified atom stereocenters. The lowest BCUT2D eigenvalue weighted by Gasteiger charge is -2.35. The summed E-state index contributed by atoms with van der Waals surface area (Å²) in [6.07, 6.45) is 1.25. The Morgan fingerprint density at radius 3 is 2.68 bits per heavy atom. The minimum absolute atomic E-state index is 0. The Bertz CT molecular complexity index is 521. The number of rotatable bonds is 3. The minimum atomic E-state index is -3.21. The molecule has 1 aliphatic heterocycles. The molecule has 1 heterocycles.